The van der Waals surface area contributed by atoms with Gasteiger partial charge in [-0.15, -0.1) is 0 Å². The highest BCUT2D eigenvalue weighted by atomic mass is 15.1. The van der Waals surface area contributed by atoms with Crippen molar-refractivity contribution in [1.82, 2.24) is 9.97 Å². The van der Waals surface area contributed by atoms with Crippen LogP contribution in [0.3, 0.4) is 0 Å². The lowest BCUT2D eigenvalue weighted by Crippen LogP contribution is -2.06. The van der Waals surface area contributed by atoms with E-state index in [-0.39, 0.29) is 0 Å². The summed E-state index contributed by atoms with van der Waals surface area (Å²) in [5, 5.41) is 15.6. The Morgan fingerprint density at radius 3 is 2.38 bits per heavy atom. The Kier molecular flexibility index (Phi) is 5.79. The summed E-state index contributed by atoms with van der Waals surface area (Å²) in [4.78, 5) is 9.28. The summed E-state index contributed by atoms with van der Waals surface area (Å²) >= 11 is 0. The molecule has 2 N–H and O–H groups in total. The smallest absolute Gasteiger partial charge is 0.163 e. The van der Waals surface area contributed by atoms with Gasteiger partial charge in [0.2, 0.25) is 0 Å². The van der Waals surface area contributed by atoms with Gasteiger partial charge in [-0.2, -0.15) is 5.26 Å². The molecule has 0 saturated heterocycles. The second-order valence-corrected chi connectivity index (χ2v) is 5.92. The Balaban J connectivity index is 1.89. The summed E-state index contributed by atoms with van der Waals surface area (Å²) in [7, 11) is 0. The maximum Gasteiger partial charge on any atom is 0.163 e. The zero-order chi connectivity index (χ0) is 18.2. The molecule has 5 heteroatoms. The third kappa shape index (κ3) is 4.58. The summed E-state index contributed by atoms with van der Waals surface area (Å²) in [6, 6.07) is 21.2. The molecule has 5 nitrogen and oxygen atoms in total. The quantitative estimate of drug-likeness (QED) is 0.592. The molecule has 3 rings (SSSR count). The van der Waals surface area contributed by atoms with Crippen molar-refractivity contribution in [1.29, 1.82) is 5.26 Å². The van der Waals surface area contributed by atoms with Crippen LogP contribution >= 0.6 is 0 Å². The number of anilines is 3. The van der Waals surface area contributed by atoms with Crippen molar-refractivity contribution in [2.45, 2.75) is 19.8 Å². The first-order valence-electron chi connectivity index (χ1n) is 8.74. The van der Waals surface area contributed by atoms with Crippen LogP contribution < -0.4 is 10.6 Å². The minimum atomic E-state index is 0.630. The predicted octanol–water partition coefficient (Wildman–Crippen LogP) is 4.97. The van der Waals surface area contributed by atoms with E-state index in [4.69, 9.17) is 5.26 Å². The Morgan fingerprint density at radius 1 is 0.962 bits per heavy atom. The minimum absolute atomic E-state index is 0.630. The fourth-order valence-corrected chi connectivity index (χ4v) is 2.49. The van der Waals surface area contributed by atoms with Gasteiger partial charge in [0.05, 0.1) is 11.6 Å². The first kappa shape index (κ1) is 17.4. The lowest BCUT2D eigenvalue weighted by molar-refractivity contribution is 0.830. The van der Waals surface area contributed by atoms with Crippen LogP contribution in [0.1, 0.15) is 25.3 Å². The molecule has 130 valence electrons. The molecule has 2 aromatic carbocycles. The summed E-state index contributed by atoms with van der Waals surface area (Å²) in [6.07, 6.45) is 2.21. The van der Waals surface area contributed by atoms with Crippen LogP contribution in [0.5, 0.6) is 0 Å². The van der Waals surface area contributed by atoms with E-state index < -0.39 is 0 Å². The normalized spacial score (nSPS) is 10.2. The van der Waals surface area contributed by atoms with Crippen molar-refractivity contribution in [3.05, 3.63) is 66.2 Å². The highest BCUT2D eigenvalue weighted by molar-refractivity contribution is 5.65. The molecule has 1 heterocycles. The summed E-state index contributed by atoms with van der Waals surface area (Å²) in [5.74, 6) is 2.18. The van der Waals surface area contributed by atoms with Crippen molar-refractivity contribution in [3.8, 4) is 17.5 Å². The highest BCUT2D eigenvalue weighted by Gasteiger charge is 2.07. The highest BCUT2D eigenvalue weighted by Crippen LogP contribution is 2.23. The van der Waals surface area contributed by atoms with Crippen molar-refractivity contribution in [2.24, 2.45) is 0 Å². The van der Waals surface area contributed by atoms with Crippen molar-refractivity contribution < 1.29 is 0 Å². The van der Waals surface area contributed by atoms with Gasteiger partial charge in [-0.25, -0.2) is 9.97 Å². The molecule has 0 aliphatic heterocycles. The van der Waals surface area contributed by atoms with Gasteiger partial charge in [0, 0.05) is 23.9 Å². The molecule has 0 aliphatic rings. The second-order valence-electron chi connectivity index (χ2n) is 5.92. The second kappa shape index (κ2) is 8.63. The number of nitrogens with one attached hydrogen (secondary N) is 2. The number of rotatable bonds is 7. The van der Waals surface area contributed by atoms with E-state index in [1.165, 1.54) is 0 Å². The number of hydrogen-bond acceptors (Lipinski definition) is 5. The van der Waals surface area contributed by atoms with Crippen LogP contribution in [-0.4, -0.2) is 16.5 Å². The fourth-order valence-electron chi connectivity index (χ4n) is 2.49. The van der Waals surface area contributed by atoms with Crippen LogP contribution in [0.15, 0.2) is 60.7 Å². The van der Waals surface area contributed by atoms with Crippen molar-refractivity contribution in [2.75, 3.05) is 17.2 Å². The van der Waals surface area contributed by atoms with Gasteiger partial charge in [-0.05, 0) is 30.7 Å². The maximum atomic E-state index is 8.92. The van der Waals surface area contributed by atoms with E-state index in [9.17, 15) is 0 Å². The molecule has 0 radical (unpaired) electrons. The summed E-state index contributed by atoms with van der Waals surface area (Å²) < 4.78 is 0. The standard InChI is InChI=1S/C21H21N5/c1-2-3-13-23-19-14-20(24-18-11-9-16(15-22)10-12-18)26-21(25-19)17-7-5-4-6-8-17/h4-12,14H,2-3,13H2,1H3,(H2,23,24,25,26). The van der Waals surface area contributed by atoms with E-state index in [0.717, 1.165) is 36.5 Å². The first-order chi connectivity index (χ1) is 12.8. The predicted molar refractivity (Wildman–Crippen MR) is 105 cm³/mol. The molecule has 3 aromatic rings. The molecular formula is C21H21N5. The van der Waals surface area contributed by atoms with Gasteiger partial charge < -0.3 is 10.6 Å². The lowest BCUT2D eigenvalue weighted by Gasteiger charge is -2.11. The van der Waals surface area contributed by atoms with E-state index in [2.05, 4.69) is 33.6 Å². The SMILES string of the molecule is CCCCNc1cc(Nc2ccc(C#N)cc2)nc(-c2ccccc2)n1. The minimum Gasteiger partial charge on any atom is -0.370 e. The Bertz CT molecular complexity index is 883. The number of aromatic nitrogens is 2. The molecule has 26 heavy (non-hydrogen) atoms. The average Bonchev–Trinajstić information content (AvgIpc) is 2.69. The van der Waals surface area contributed by atoms with Crippen molar-refractivity contribution >= 4 is 17.3 Å². The zero-order valence-corrected chi connectivity index (χ0v) is 14.7. The van der Waals surface area contributed by atoms with Gasteiger partial charge in [0.25, 0.3) is 0 Å². The number of hydrogen-bond donors (Lipinski definition) is 2. The molecule has 0 spiro atoms. The van der Waals surface area contributed by atoms with Crippen LogP contribution in [0.4, 0.5) is 17.3 Å². The lowest BCUT2D eigenvalue weighted by atomic mass is 10.2. The number of benzene rings is 2. The summed E-state index contributed by atoms with van der Waals surface area (Å²) in [6.45, 7) is 3.03. The molecule has 0 amide bonds. The first-order valence-corrected chi connectivity index (χ1v) is 8.74. The van der Waals surface area contributed by atoms with Gasteiger partial charge >= 0.3 is 0 Å². The van der Waals surface area contributed by atoms with E-state index in [0.29, 0.717) is 17.2 Å². The topological polar surface area (TPSA) is 73.6 Å². The molecular weight excluding hydrogens is 322 g/mol. The molecule has 0 fully saturated rings. The molecule has 0 unspecified atom stereocenters. The summed E-state index contributed by atoms with van der Waals surface area (Å²) in [5.41, 5.74) is 2.47. The molecule has 0 atom stereocenters. The van der Waals surface area contributed by atoms with Crippen LogP contribution in [0.25, 0.3) is 11.4 Å². The van der Waals surface area contributed by atoms with Gasteiger partial charge in [0.15, 0.2) is 5.82 Å². The molecule has 0 aliphatic carbocycles. The van der Waals surface area contributed by atoms with Crippen LogP contribution in [0.2, 0.25) is 0 Å². The molecule has 1 aromatic heterocycles. The third-order valence-corrected chi connectivity index (χ3v) is 3.88. The number of nitrogens with zero attached hydrogens (tertiary/aromatic N) is 3. The van der Waals surface area contributed by atoms with Gasteiger partial charge in [-0.3, -0.25) is 0 Å². The fraction of sp³-hybridized carbons (Fsp3) is 0.190. The zero-order valence-electron chi connectivity index (χ0n) is 14.7. The molecule has 0 bridgehead atoms. The number of nitriles is 1. The maximum absolute atomic E-state index is 8.92. The van der Waals surface area contributed by atoms with E-state index in [1.807, 2.05) is 48.5 Å². The van der Waals surface area contributed by atoms with E-state index in [1.54, 1.807) is 12.1 Å². The molecule has 0 saturated carbocycles. The number of unbranched alkanes of at least 4 members (excludes halogenated alkanes) is 1. The average molecular weight is 343 g/mol. The van der Waals surface area contributed by atoms with Gasteiger partial charge in [0.1, 0.15) is 11.6 Å². The van der Waals surface area contributed by atoms with E-state index >= 15 is 0 Å². The monoisotopic (exact) mass is 343 g/mol. The Labute approximate surface area is 153 Å². The van der Waals surface area contributed by atoms with Crippen LogP contribution in [-0.2, 0) is 0 Å². The van der Waals surface area contributed by atoms with Crippen molar-refractivity contribution in [3.63, 3.8) is 0 Å². The Hall–Kier alpha value is -3.39. The van der Waals surface area contributed by atoms with Crippen LogP contribution in [0, 0.1) is 11.3 Å². The van der Waals surface area contributed by atoms with Gasteiger partial charge in [-0.1, -0.05) is 43.7 Å². The Morgan fingerprint density at radius 2 is 1.69 bits per heavy atom. The third-order valence-electron chi connectivity index (χ3n) is 3.88. The largest absolute Gasteiger partial charge is 0.370 e.